The van der Waals surface area contributed by atoms with Crippen LogP contribution in [0.4, 0.5) is 0 Å². The quantitative estimate of drug-likeness (QED) is 0.437. The molecule has 2 nitrogen and oxygen atoms in total. The highest BCUT2D eigenvalue weighted by Crippen LogP contribution is 2.02. The number of ether oxygens (including phenoxy) is 2. The van der Waals surface area contributed by atoms with E-state index in [2.05, 4.69) is 13.8 Å². The second-order valence-corrected chi connectivity index (χ2v) is 4.08. The summed E-state index contributed by atoms with van der Waals surface area (Å²) in [6.07, 6.45) is 0. The van der Waals surface area contributed by atoms with Crippen LogP contribution in [0, 0.1) is 0 Å². The Labute approximate surface area is 59.4 Å². The first-order chi connectivity index (χ1) is 4.20. The van der Waals surface area contributed by atoms with Gasteiger partial charge in [0.15, 0.2) is 0 Å². The van der Waals surface area contributed by atoms with E-state index in [-0.39, 0.29) is 5.91 Å². The fourth-order valence-electron chi connectivity index (χ4n) is 0.504. The Morgan fingerprint density at radius 1 is 1.11 bits per heavy atom. The van der Waals surface area contributed by atoms with E-state index in [1.807, 2.05) is 0 Å². The van der Waals surface area contributed by atoms with Crippen molar-refractivity contribution in [3.05, 3.63) is 0 Å². The van der Waals surface area contributed by atoms with Crippen LogP contribution in [0.15, 0.2) is 0 Å². The Balaban J connectivity index is 3.31. The second kappa shape index (κ2) is 4.96. The number of hydrogen-bond acceptors (Lipinski definition) is 2. The molecule has 0 fully saturated rings. The minimum atomic E-state index is 0.00463. The molecule has 0 saturated heterocycles. The molecular weight excluding hydrogens is 132 g/mol. The highest BCUT2D eigenvalue weighted by molar-refractivity contribution is 6.38. The van der Waals surface area contributed by atoms with E-state index >= 15 is 0 Å². The summed E-state index contributed by atoms with van der Waals surface area (Å²) in [5, 5.41) is 0. The van der Waals surface area contributed by atoms with Crippen LogP contribution in [-0.4, -0.2) is 29.7 Å². The Kier molecular flexibility index (Phi) is 5.04. The summed E-state index contributed by atoms with van der Waals surface area (Å²) in [5.74, 6) is 0.00463. The standard InChI is InChI=1S/C6H14O2Si/c1-5(2)9-6(7-3)8-4/h5-6H,1-4H3. The lowest BCUT2D eigenvalue weighted by atomic mass is 10.6. The van der Waals surface area contributed by atoms with Gasteiger partial charge in [-0.2, -0.15) is 0 Å². The van der Waals surface area contributed by atoms with Gasteiger partial charge in [0.2, 0.25) is 0 Å². The van der Waals surface area contributed by atoms with Crippen molar-refractivity contribution in [2.75, 3.05) is 14.2 Å². The molecule has 2 radical (unpaired) electrons. The van der Waals surface area contributed by atoms with Gasteiger partial charge in [0.05, 0.1) is 0 Å². The van der Waals surface area contributed by atoms with Crippen molar-refractivity contribution in [1.29, 1.82) is 0 Å². The fourth-order valence-corrected chi connectivity index (χ4v) is 1.32. The fraction of sp³-hybridized carbons (Fsp3) is 1.00. The van der Waals surface area contributed by atoms with Crippen molar-refractivity contribution in [3.8, 4) is 0 Å². The zero-order valence-electron chi connectivity index (χ0n) is 6.47. The lowest BCUT2D eigenvalue weighted by Crippen LogP contribution is -2.23. The maximum Gasteiger partial charge on any atom is 0.136 e. The Morgan fingerprint density at radius 2 is 1.56 bits per heavy atom. The van der Waals surface area contributed by atoms with Gasteiger partial charge in [0.1, 0.15) is 15.4 Å². The van der Waals surface area contributed by atoms with E-state index in [1.165, 1.54) is 0 Å². The molecular formula is C6H14O2Si. The van der Waals surface area contributed by atoms with Crippen LogP contribution in [0.25, 0.3) is 0 Å². The van der Waals surface area contributed by atoms with Crippen LogP contribution in [-0.2, 0) is 9.47 Å². The number of methoxy groups -OCH3 is 2. The van der Waals surface area contributed by atoms with Crippen molar-refractivity contribution in [1.82, 2.24) is 0 Å². The third-order valence-electron chi connectivity index (χ3n) is 0.898. The second-order valence-electron chi connectivity index (χ2n) is 2.12. The molecule has 0 saturated carbocycles. The zero-order valence-corrected chi connectivity index (χ0v) is 7.47. The number of rotatable bonds is 4. The first kappa shape index (κ1) is 9.14. The molecule has 0 aromatic rings. The smallest absolute Gasteiger partial charge is 0.136 e. The van der Waals surface area contributed by atoms with Crippen LogP contribution in [0.5, 0.6) is 0 Å². The zero-order chi connectivity index (χ0) is 7.28. The van der Waals surface area contributed by atoms with E-state index in [1.54, 1.807) is 14.2 Å². The topological polar surface area (TPSA) is 18.5 Å². The highest BCUT2D eigenvalue weighted by Gasteiger charge is 2.07. The van der Waals surface area contributed by atoms with Gasteiger partial charge in [-0.05, 0) is 0 Å². The summed E-state index contributed by atoms with van der Waals surface area (Å²) in [5.41, 5.74) is 0.662. The van der Waals surface area contributed by atoms with Crippen molar-refractivity contribution in [3.63, 3.8) is 0 Å². The molecule has 0 rings (SSSR count). The Bertz CT molecular complexity index is 62.1. The normalized spacial score (nSPS) is 11.3. The van der Waals surface area contributed by atoms with Crippen molar-refractivity contribution in [2.45, 2.75) is 25.3 Å². The molecule has 0 amide bonds. The van der Waals surface area contributed by atoms with Crippen LogP contribution >= 0.6 is 0 Å². The average molecular weight is 146 g/mol. The highest BCUT2D eigenvalue weighted by atomic mass is 28.2. The monoisotopic (exact) mass is 146 g/mol. The molecule has 0 bridgehead atoms. The van der Waals surface area contributed by atoms with Crippen LogP contribution in [0.1, 0.15) is 13.8 Å². The molecule has 0 aliphatic rings. The summed E-state index contributed by atoms with van der Waals surface area (Å²) in [4.78, 5) is 0. The van der Waals surface area contributed by atoms with Gasteiger partial charge in [-0.15, -0.1) is 0 Å². The van der Waals surface area contributed by atoms with Crippen molar-refractivity contribution >= 4 is 9.52 Å². The molecule has 9 heavy (non-hydrogen) atoms. The largest absolute Gasteiger partial charge is 0.360 e. The first-order valence-electron chi connectivity index (χ1n) is 3.02. The van der Waals surface area contributed by atoms with E-state index in [0.29, 0.717) is 5.54 Å². The molecule has 3 heteroatoms. The molecule has 0 aromatic heterocycles. The minimum absolute atomic E-state index is 0.00463. The summed E-state index contributed by atoms with van der Waals surface area (Å²) in [6, 6.07) is 0. The molecule has 0 aliphatic carbocycles. The van der Waals surface area contributed by atoms with Crippen LogP contribution < -0.4 is 0 Å². The molecule has 0 atom stereocenters. The molecule has 0 spiro atoms. The molecule has 0 heterocycles. The minimum Gasteiger partial charge on any atom is -0.360 e. The first-order valence-corrected chi connectivity index (χ1v) is 4.17. The van der Waals surface area contributed by atoms with Crippen molar-refractivity contribution < 1.29 is 9.47 Å². The van der Waals surface area contributed by atoms with Gasteiger partial charge in [-0.1, -0.05) is 19.4 Å². The Morgan fingerprint density at radius 3 is 1.67 bits per heavy atom. The molecule has 0 aliphatic heterocycles. The predicted octanol–water partition coefficient (Wildman–Crippen LogP) is 1.10. The Hall–Kier alpha value is 0.137. The summed E-state index contributed by atoms with van der Waals surface area (Å²) in [6.45, 7) is 4.31. The average Bonchev–Trinajstić information content (AvgIpc) is 1.82. The van der Waals surface area contributed by atoms with Crippen LogP contribution in [0.3, 0.4) is 0 Å². The van der Waals surface area contributed by atoms with Gasteiger partial charge < -0.3 is 9.47 Å². The third kappa shape index (κ3) is 4.63. The third-order valence-corrected chi connectivity index (χ3v) is 2.31. The predicted molar refractivity (Wildman–Crippen MR) is 38.7 cm³/mol. The van der Waals surface area contributed by atoms with E-state index < -0.39 is 0 Å². The summed E-state index contributed by atoms with van der Waals surface area (Å²) >= 11 is 0. The van der Waals surface area contributed by atoms with Crippen LogP contribution in [0.2, 0.25) is 5.54 Å². The number of hydrogen-bond donors (Lipinski definition) is 0. The lowest BCUT2D eigenvalue weighted by molar-refractivity contribution is -0.0446. The molecule has 0 aromatic carbocycles. The lowest BCUT2D eigenvalue weighted by Gasteiger charge is -2.13. The van der Waals surface area contributed by atoms with Gasteiger partial charge in [-0.25, -0.2) is 0 Å². The van der Waals surface area contributed by atoms with E-state index in [9.17, 15) is 0 Å². The molecule has 0 unspecified atom stereocenters. The van der Waals surface area contributed by atoms with E-state index in [4.69, 9.17) is 9.47 Å². The molecule has 0 N–H and O–H groups in total. The summed E-state index contributed by atoms with van der Waals surface area (Å²) < 4.78 is 10.0. The van der Waals surface area contributed by atoms with E-state index in [0.717, 1.165) is 9.52 Å². The van der Waals surface area contributed by atoms with Gasteiger partial charge in [0.25, 0.3) is 0 Å². The van der Waals surface area contributed by atoms with Gasteiger partial charge in [-0.3, -0.25) is 0 Å². The van der Waals surface area contributed by atoms with Crippen molar-refractivity contribution in [2.24, 2.45) is 0 Å². The summed E-state index contributed by atoms with van der Waals surface area (Å²) in [7, 11) is 4.08. The van der Waals surface area contributed by atoms with Gasteiger partial charge >= 0.3 is 0 Å². The SMILES string of the molecule is COC(OC)[Si]C(C)C. The van der Waals surface area contributed by atoms with Gasteiger partial charge in [0, 0.05) is 14.2 Å². The maximum absolute atomic E-state index is 5.00. The maximum atomic E-state index is 5.00. The molecule has 54 valence electrons.